The zero-order valence-electron chi connectivity index (χ0n) is 7.85. The Morgan fingerprint density at radius 1 is 0.938 bits per heavy atom. The Hall–Kier alpha value is -1.66. The average molecular weight is 263 g/mol. The SMILES string of the molecule is NC(=NO)c1cc(Cl)c(Cl)cc1C(N)=NO. The summed E-state index contributed by atoms with van der Waals surface area (Å²) in [6, 6.07) is 2.71. The standard InChI is InChI=1S/C8H8Cl2N4O2/c9-5-1-3(7(11)13-15)4(2-6(5)10)8(12)14-16/h1-2,15-16H,(H2,11,13)(H2,12,14). The zero-order valence-corrected chi connectivity index (χ0v) is 9.37. The molecule has 0 fully saturated rings. The quantitative estimate of drug-likeness (QED) is 0.277. The summed E-state index contributed by atoms with van der Waals surface area (Å²) in [5, 5.41) is 23.2. The summed E-state index contributed by atoms with van der Waals surface area (Å²) in [5.41, 5.74) is 11.3. The summed E-state index contributed by atoms with van der Waals surface area (Å²) in [5.74, 6) is -0.444. The molecule has 0 aliphatic rings. The molecular weight excluding hydrogens is 255 g/mol. The van der Waals surface area contributed by atoms with Gasteiger partial charge in [-0.3, -0.25) is 0 Å². The van der Waals surface area contributed by atoms with Gasteiger partial charge in [0, 0.05) is 11.1 Å². The van der Waals surface area contributed by atoms with Crippen LogP contribution in [0.5, 0.6) is 0 Å². The molecule has 6 nitrogen and oxygen atoms in total. The van der Waals surface area contributed by atoms with Gasteiger partial charge >= 0.3 is 0 Å². The third-order valence-electron chi connectivity index (χ3n) is 1.83. The second-order valence-electron chi connectivity index (χ2n) is 2.78. The maximum atomic E-state index is 8.57. The second-order valence-corrected chi connectivity index (χ2v) is 3.60. The van der Waals surface area contributed by atoms with Gasteiger partial charge in [0.2, 0.25) is 0 Å². The lowest BCUT2D eigenvalue weighted by atomic mass is 10.1. The van der Waals surface area contributed by atoms with E-state index in [1.54, 1.807) is 0 Å². The molecule has 0 heterocycles. The molecular formula is C8H8Cl2N4O2. The number of oxime groups is 2. The fourth-order valence-electron chi connectivity index (χ4n) is 1.08. The minimum atomic E-state index is -0.222. The average Bonchev–Trinajstić information content (AvgIpc) is 2.30. The normalized spacial score (nSPS) is 12.9. The molecule has 0 aliphatic heterocycles. The number of benzene rings is 1. The van der Waals surface area contributed by atoms with Crippen LogP contribution in [0.2, 0.25) is 10.0 Å². The van der Waals surface area contributed by atoms with E-state index in [1.807, 2.05) is 0 Å². The Morgan fingerprint density at radius 2 is 1.25 bits per heavy atom. The molecule has 0 saturated heterocycles. The molecule has 86 valence electrons. The van der Waals surface area contributed by atoms with Gasteiger partial charge in [-0.15, -0.1) is 0 Å². The van der Waals surface area contributed by atoms with Crippen molar-refractivity contribution in [2.24, 2.45) is 21.8 Å². The molecule has 0 bridgehead atoms. The second kappa shape index (κ2) is 4.91. The summed E-state index contributed by atoms with van der Waals surface area (Å²) in [4.78, 5) is 0. The fourth-order valence-corrected chi connectivity index (χ4v) is 1.41. The van der Waals surface area contributed by atoms with Crippen LogP contribution in [0.3, 0.4) is 0 Å². The summed E-state index contributed by atoms with van der Waals surface area (Å²) < 4.78 is 0. The van der Waals surface area contributed by atoms with E-state index in [-0.39, 0.29) is 32.8 Å². The van der Waals surface area contributed by atoms with Gasteiger partial charge in [0.15, 0.2) is 11.7 Å². The Balaban J connectivity index is 3.51. The lowest BCUT2D eigenvalue weighted by molar-refractivity contribution is 0.317. The predicted molar refractivity (Wildman–Crippen MR) is 61.5 cm³/mol. The Morgan fingerprint density at radius 3 is 1.50 bits per heavy atom. The van der Waals surface area contributed by atoms with Gasteiger partial charge < -0.3 is 21.9 Å². The molecule has 1 rings (SSSR count). The molecule has 16 heavy (non-hydrogen) atoms. The first kappa shape index (κ1) is 12.4. The first-order valence-electron chi connectivity index (χ1n) is 3.96. The number of hydrogen-bond acceptors (Lipinski definition) is 4. The third-order valence-corrected chi connectivity index (χ3v) is 2.55. The molecule has 0 aliphatic carbocycles. The third kappa shape index (κ3) is 2.29. The monoisotopic (exact) mass is 262 g/mol. The van der Waals surface area contributed by atoms with Crippen molar-refractivity contribution in [3.8, 4) is 0 Å². The molecule has 0 saturated carbocycles. The number of amidine groups is 2. The highest BCUT2D eigenvalue weighted by atomic mass is 35.5. The molecule has 0 unspecified atom stereocenters. The molecule has 6 N–H and O–H groups in total. The van der Waals surface area contributed by atoms with Crippen molar-refractivity contribution >= 4 is 34.9 Å². The van der Waals surface area contributed by atoms with Crippen molar-refractivity contribution in [1.29, 1.82) is 0 Å². The molecule has 0 spiro atoms. The maximum Gasteiger partial charge on any atom is 0.170 e. The number of hydrogen-bond donors (Lipinski definition) is 4. The summed E-state index contributed by atoms with van der Waals surface area (Å²) in [6.45, 7) is 0. The van der Waals surface area contributed by atoms with Gasteiger partial charge in [-0.1, -0.05) is 33.5 Å². The summed E-state index contributed by atoms with van der Waals surface area (Å²) in [7, 11) is 0. The number of nitrogens with two attached hydrogens (primary N) is 2. The van der Waals surface area contributed by atoms with E-state index in [0.29, 0.717) is 0 Å². The van der Waals surface area contributed by atoms with Gasteiger partial charge in [0.25, 0.3) is 0 Å². The van der Waals surface area contributed by atoms with E-state index in [0.717, 1.165) is 0 Å². The summed E-state index contributed by atoms with van der Waals surface area (Å²) >= 11 is 11.5. The fraction of sp³-hybridized carbons (Fsp3) is 0. The van der Waals surface area contributed by atoms with E-state index in [2.05, 4.69) is 10.3 Å². The molecule has 0 aromatic heterocycles. The van der Waals surface area contributed by atoms with Crippen LogP contribution in [0.1, 0.15) is 11.1 Å². The van der Waals surface area contributed by atoms with Crippen LogP contribution in [-0.2, 0) is 0 Å². The minimum Gasteiger partial charge on any atom is -0.409 e. The van der Waals surface area contributed by atoms with Gasteiger partial charge in [-0.2, -0.15) is 0 Å². The molecule has 0 atom stereocenters. The van der Waals surface area contributed by atoms with Crippen LogP contribution in [0.15, 0.2) is 22.4 Å². The van der Waals surface area contributed by atoms with Gasteiger partial charge in [0.1, 0.15) is 0 Å². The van der Waals surface area contributed by atoms with Crippen molar-refractivity contribution in [3.05, 3.63) is 33.3 Å². The zero-order chi connectivity index (χ0) is 12.3. The van der Waals surface area contributed by atoms with Crippen molar-refractivity contribution < 1.29 is 10.4 Å². The topological polar surface area (TPSA) is 117 Å². The molecule has 1 aromatic rings. The van der Waals surface area contributed by atoms with E-state index < -0.39 is 0 Å². The van der Waals surface area contributed by atoms with E-state index in [1.165, 1.54) is 12.1 Å². The van der Waals surface area contributed by atoms with E-state index in [9.17, 15) is 0 Å². The van der Waals surface area contributed by atoms with E-state index in [4.69, 9.17) is 45.1 Å². The lowest BCUT2D eigenvalue weighted by Crippen LogP contribution is -2.22. The first-order chi connectivity index (χ1) is 7.51. The van der Waals surface area contributed by atoms with Crippen LogP contribution in [-0.4, -0.2) is 22.1 Å². The Labute approximate surface area is 101 Å². The van der Waals surface area contributed by atoms with Crippen molar-refractivity contribution in [3.63, 3.8) is 0 Å². The largest absolute Gasteiger partial charge is 0.409 e. The molecule has 1 aromatic carbocycles. The molecule has 0 amide bonds. The van der Waals surface area contributed by atoms with Crippen LogP contribution in [0.25, 0.3) is 0 Å². The highest BCUT2D eigenvalue weighted by Crippen LogP contribution is 2.25. The number of halogens is 2. The number of nitrogens with zero attached hydrogens (tertiary/aromatic N) is 2. The van der Waals surface area contributed by atoms with Crippen LogP contribution in [0, 0.1) is 0 Å². The summed E-state index contributed by atoms with van der Waals surface area (Å²) in [6.07, 6.45) is 0. The number of rotatable bonds is 2. The van der Waals surface area contributed by atoms with Crippen LogP contribution in [0.4, 0.5) is 0 Å². The predicted octanol–water partition coefficient (Wildman–Crippen LogP) is 1.18. The van der Waals surface area contributed by atoms with Crippen LogP contribution >= 0.6 is 23.2 Å². The van der Waals surface area contributed by atoms with Crippen LogP contribution < -0.4 is 11.5 Å². The molecule has 0 radical (unpaired) electrons. The first-order valence-corrected chi connectivity index (χ1v) is 4.71. The highest BCUT2D eigenvalue weighted by Gasteiger charge is 2.14. The maximum absolute atomic E-state index is 8.57. The van der Waals surface area contributed by atoms with Gasteiger partial charge in [-0.25, -0.2) is 0 Å². The minimum absolute atomic E-state index is 0.206. The van der Waals surface area contributed by atoms with Crippen molar-refractivity contribution in [1.82, 2.24) is 0 Å². The highest BCUT2D eigenvalue weighted by molar-refractivity contribution is 6.42. The van der Waals surface area contributed by atoms with Gasteiger partial charge in [-0.05, 0) is 12.1 Å². The van der Waals surface area contributed by atoms with E-state index >= 15 is 0 Å². The van der Waals surface area contributed by atoms with Gasteiger partial charge in [0.05, 0.1) is 10.0 Å². The lowest BCUT2D eigenvalue weighted by Gasteiger charge is -2.08. The Bertz CT molecular complexity index is 430. The smallest absolute Gasteiger partial charge is 0.170 e. The molecule has 8 heteroatoms. The Kier molecular flexibility index (Phi) is 3.81. The van der Waals surface area contributed by atoms with Crippen molar-refractivity contribution in [2.45, 2.75) is 0 Å². The van der Waals surface area contributed by atoms with Crippen molar-refractivity contribution in [2.75, 3.05) is 0 Å².